The summed E-state index contributed by atoms with van der Waals surface area (Å²) >= 11 is 5.93. The van der Waals surface area contributed by atoms with E-state index in [1.54, 1.807) is 16.9 Å². The van der Waals surface area contributed by atoms with Crippen molar-refractivity contribution in [2.75, 3.05) is 0 Å². The number of ketones is 1. The van der Waals surface area contributed by atoms with Crippen LogP contribution in [0, 0.1) is 6.92 Å². The smallest absolute Gasteiger partial charge is 0.180 e. The Labute approximate surface area is 85.5 Å². The van der Waals surface area contributed by atoms with Crippen LogP contribution >= 0.6 is 11.6 Å². The van der Waals surface area contributed by atoms with Crippen molar-refractivity contribution >= 4 is 22.9 Å². The summed E-state index contributed by atoms with van der Waals surface area (Å²) in [5, 5.41) is 0.313. The number of carbonyl (C=O) groups excluding carboxylic acids is 1. The average molecular weight is 210 g/mol. The van der Waals surface area contributed by atoms with Crippen LogP contribution in [0.4, 0.5) is 0 Å². The zero-order valence-electron chi connectivity index (χ0n) is 7.78. The second kappa shape index (κ2) is 3.06. The average Bonchev–Trinajstić information content (AvgIpc) is 2.47. The molecule has 0 aliphatic carbocycles. The molecule has 0 spiro atoms. The number of rotatable bonds is 1. The number of Topliss-reactive ketones (excluding diaryl/α,β-unsaturated/α-hetero) is 1. The zero-order valence-corrected chi connectivity index (χ0v) is 8.54. The standard InChI is InChI=1S/C9H8ClN3O/c1-5-3-13-4-11-7(6(2)14)8(13)9(10)12-5/h3-4H,1-2H3. The highest BCUT2D eigenvalue weighted by Gasteiger charge is 2.13. The number of imidazole rings is 1. The highest BCUT2D eigenvalue weighted by atomic mass is 35.5. The van der Waals surface area contributed by atoms with E-state index in [0.717, 1.165) is 5.69 Å². The molecule has 0 N–H and O–H groups in total. The van der Waals surface area contributed by atoms with Crippen molar-refractivity contribution in [3.05, 3.63) is 29.1 Å². The van der Waals surface area contributed by atoms with Crippen LogP contribution in [0.15, 0.2) is 12.5 Å². The second-order valence-corrected chi connectivity index (χ2v) is 3.44. The molecule has 0 aliphatic rings. The Kier molecular flexibility index (Phi) is 2.00. The largest absolute Gasteiger partial charge is 0.301 e. The van der Waals surface area contributed by atoms with Crippen molar-refractivity contribution in [2.24, 2.45) is 0 Å². The summed E-state index contributed by atoms with van der Waals surface area (Å²) in [7, 11) is 0. The minimum absolute atomic E-state index is 0.111. The van der Waals surface area contributed by atoms with Gasteiger partial charge in [0.2, 0.25) is 0 Å². The number of nitrogens with zero attached hydrogens (tertiary/aromatic N) is 3. The van der Waals surface area contributed by atoms with Crippen LogP contribution in [-0.4, -0.2) is 20.2 Å². The fraction of sp³-hybridized carbons (Fsp3) is 0.222. The Morgan fingerprint density at radius 2 is 2.29 bits per heavy atom. The molecule has 0 saturated heterocycles. The van der Waals surface area contributed by atoms with Gasteiger partial charge in [0.1, 0.15) is 17.5 Å². The summed E-state index contributed by atoms with van der Waals surface area (Å²) in [5.41, 5.74) is 1.72. The number of hydrogen-bond acceptors (Lipinski definition) is 3. The van der Waals surface area contributed by atoms with Gasteiger partial charge in [-0.15, -0.1) is 0 Å². The van der Waals surface area contributed by atoms with Crippen LogP contribution < -0.4 is 0 Å². The van der Waals surface area contributed by atoms with Gasteiger partial charge < -0.3 is 4.40 Å². The quantitative estimate of drug-likeness (QED) is 0.674. The van der Waals surface area contributed by atoms with E-state index in [1.165, 1.54) is 6.92 Å². The second-order valence-electron chi connectivity index (χ2n) is 3.08. The monoisotopic (exact) mass is 209 g/mol. The fourth-order valence-corrected chi connectivity index (χ4v) is 1.68. The summed E-state index contributed by atoms with van der Waals surface area (Å²) in [6.45, 7) is 3.29. The van der Waals surface area contributed by atoms with Crippen LogP contribution in [0.25, 0.3) is 5.52 Å². The van der Waals surface area contributed by atoms with Gasteiger partial charge in [0.25, 0.3) is 0 Å². The van der Waals surface area contributed by atoms with Crippen LogP contribution in [0.5, 0.6) is 0 Å². The number of fused-ring (bicyclic) bond motifs is 1. The number of halogens is 1. The fourth-order valence-electron chi connectivity index (χ4n) is 1.36. The molecule has 0 amide bonds. The molecule has 2 aromatic rings. The lowest BCUT2D eigenvalue weighted by molar-refractivity contribution is 0.101. The van der Waals surface area contributed by atoms with Gasteiger partial charge in [-0.2, -0.15) is 0 Å². The van der Waals surface area contributed by atoms with Crippen molar-refractivity contribution in [3.8, 4) is 0 Å². The minimum Gasteiger partial charge on any atom is -0.301 e. The topological polar surface area (TPSA) is 47.3 Å². The molecule has 0 radical (unpaired) electrons. The van der Waals surface area contributed by atoms with Gasteiger partial charge in [-0.1, -0.05) is 11.6 Å². The number of carbonyl (C=O) groups is 1. The lowest BCUT2D eigenvalue weighted by atomic mass is 10.3. The van der Waals surface area contributed by atoms with Gasteiger partial charge in [-0.3, -0.25) is 4.79 Å². The normalized spacial score (nSPS) is 10.8. The summed E-state index contributed by atoms with van der Waals surface area (Å²) in [6.07, 6.45) is 3.34. The summed E-state index contributed by atoms with van der Waals surface area (Å²) in [5.74, 6) is -0.111. The minimum atomic E-state index is -0.111. The van der Waals surface area contributed by atoms with E-state index < -0.39 is 0 Å². The molecular weight excluding hydrogens is 202 g/mol. The predicted molar refractivity (Wildman–Crippen MR) is 52.7 cm³/mol. The van der Waals surface area contributed by atoms with Crippen molar-refractivity contribution in [1.82, 2.24) is 14.4 Å². The van der Waals surface area contributed by atoms with Gasteiger partial charge in [0.05, 0.1) is 5.69 Å². The molecular formula is C9H8ClN3O. The summed E-state index contributed by atoms with van der Waals surface area (Å²) < 4.78 is 1.71. The molecule has 0 fully saturated rings. The summed E-state index contributed by atoms with van der Waals surface area (Å²) in [6, 6.07) is 0. The van der Waals surface area contributed by atoms with E-state index in [9.17, 15) is 4.79 Å². The summed E-state index contributed by atoms with van der Waals surface area (Å²) in [4.78, 5) is 19.3. The Bertz CT molecular complexity index is 518. The van der Waals surface area contributed by atoms with Gasteiger partial charge >= 0.3 is 0 Å². The molecule has 0 unspecified atom stereocenters. The molecule has 0 atom stereocenters. The molecule has 5 heteroatoms. The van der Waals surface area contributed by atoms with E-state index in [-0.39, 0.29) is 5.78 Å². The first-order valence-electron chi connectivity index (χ1n) is 4.10. The molecule has 14 heavy (non-hydrogen) atoms. The predicted octanol–water partition coefficient (Wildman–Crippen LogP) is 1.89. The Hall–Kier alpha value is -1.42. The van der Waals surface area contributed by atoms with E-state index in [4.69, 9.17) is 11.6 Å². The maximum atomic E-state index is 11.2. The highest BCUT2D eigenvalue weighted by molar-refractivity contribution is 6.33. The van der Waals surface area contributed by atoms with Crippen LogP contribution in [0.2, 0.25) is 5.15 Å². The first-order valence-corrected chi connectivity index (χ1v) is 4.48. The Morgan fingerprint density at radius 3 is 2.93 bits per heavy atom. The van der Waals surface area contributed by atoms with Crippen LogP contribution in [0.3, 0.4) is 0 Å². The number of aryl methyl sites for hydroxylation is 1. The third-order valence-corrected chi connectivity index (χ3v) is 2.19. The van der Waals surface area contributed by atoms with E-state index in [2.05, 4.69) is 9.97 Å². The molecule has 0 aromatic carbocycles. The molecule has 0 bridgehead atoms. The van der Waals surface area contributed by atoms with Crippen LogP contribution in [0.1, 0.15) is 23.1 Å². The first kappa shape index (κ1) is 9.15. The maximum absolute atomic E-state index is 11.2. The van der Waals surface area contributed by atoms with Crippen molar-refractivity contribution in [3.63, 3.8) is 0 Å². The molecule has 2 rings (SSSR count). The van der Waals surface area contributed by atoms with Crippen LogP contribution in [-0.2, 0) is 0 Å². The van der Waals surface area contributed by atoms with Gasteiger partial charge in [0, 0.05) is 13.1 Å². The molecule has 4 nitrogen and oxygen atoms in total. The maximum Gasteiger partial charge on any atom is 0.180 e. The molecule has 2 heterocycles. The number of hydrogen-bond donors (Lipinski definition) is 0. The molecule has 72 valence electrons. The van der Waals surface area contributed by atoms with Crippen molar-refractivity contribution < 1.29 is 4.79 Å². The number of aromatic nitrogens is 3. The lowest BCUT2D eigenvalue weighted by Gasteiger charge is -1.99. The SMILES string of the molecule is CC(=O)c1ncn2cc(C)nc(Cl)c12. The lowest BCUT2D eigenvalue weighted by Crippen LogP contribution is -1.96. The van der Waals surface area contributed by atoms with Gasteiger partial charge in [-0.05, 0) is 6.92 Å². The van der Waals surface area contributed by atoms with Gasteiger partial charge in [-0.25, -0.2) is 9.97 Å². The Morgan fingerprint density at radius 1 is 1.57 bits per heavy atom. The van der Waals surface area contributed by atoms with E-state index in [1.807, 2.05) is 6.92 Å². The van der Waals surface area contributed by atoms with E-state index >= 15 is 0 Å². The molecule has 2 aromatic heterocycles. The Balaban J connectivity index is 2.85. The van der Waals surface area contributed by atoms with Crippen molar-refractivity contribution in [2.45, 2.75) is 13.8 Å². The molecule has 0 aliphatic heterocycles. The first-order chi connectivity index (χ1) is 6.59. The third kappa shape index (κ3) is 1.28. The third-order valence-electron chi connectivity index (χ3n) is 1.92. The van der Waals surface area contributed by atoms with Gasteiger partial charge in [0.15, 0.2) is 10.9 Å². The van der Waals surface area contributed by atoms with E-state index in [0.29, 0.717) is 16.4 Å². The zero-order chi connectivity index (χ0) is 10.3. The molecule has 0 saturated carbocycles. The highest BCUT2D eigenvalue weighted by Crippen LogP contribution is 2.19. The van der Waals surface area contributed by atoms with Crippen molar-refractivity contribution in [1.29, 1.82) is 0 Å².